The Morgan fingerprint density at radius 1 is 1.26 bits per heavy atom. The number of benzene rings is 2. The number of phenolic OH excluding ortho intramolecular Hbond substituents is 1. The van der Waals surface area contributed by atoms with Gasteiger partial charge in [-0.25, -0.2) is 0 Å². The van der Waals surface area contributed by atoms with Crippen molar-refractivity contribution >= 4 is 23.5 Å². The number of hydrogen-bond donors (Lipinski definition) is 2. The third-order valence-corrected chi connectivity index (χ3v) is 6.60. The van der Waals surface area contributed by atoms with Gasteiger partial charge < -0.3 is 19.7 Å². The first-order valence-corrected chi connectivity index (χ1v) is 10.8. The molecule has 0 saturated heterocycles. The van der Waals surface area contributed by atoms with E-state index in [1.165, 1.54) is 30.5 Å². The van der Waals surface area contributed by atoms with Crippen molar-refractivity contribution in [1.29, 1.82) is 0 Å². The molecule has 4 rings (SSSR count). The highest BCUT2D eigenvalue weighted by Crippen LogP contribution is 2.39. The summed E-state index contributed by atoms with van der Waals surface area (Å²) < 4.78 is 6.86. The first-order valence-electron chi connectivity index (χ1n) is 9.84. The number of anilines is 1. The van der Waals surface area contributed by atoms with Crippen LogP contribution >= 0.6 is 11.8 Å². The molecule has 0 aliphatic carbocycles. The lowest BCUT2D eigenvalue weighted by atomic mass is 9.86. The number of nitrogens with zero attached hydrogens (tertiary/aromatic N) is 2. The van der Waals surface area contributed by atoms with Crippen molar-refractivity contribution in [2.45, 2.75) is 30.2 Å². The van der Waals surface area contributed by atoms with Gasteiger partial charge in [0.2, 0.25) is 5.91 Å². The molecule has 7 nitrogen and oxygen atoms in total. The number of carbonyl (C=O) groups is 1. The summed E-state index contributed by atoms with van der Waals surface area (Å²) in [5, 5.41) is 13.5. The molecule has 0 unspecified atom stereocenters. The number of aromatic hydroxyl groups is 1. The molecule has 3 aromatic rings. The van der Waals surface area contributed by atoms with Crippen molar-refractivity contribution < 1.29 is 14.6 Å². The molecular formula is C23H23N3O4S. The summed E-state index contributed by atoms with van der Waals surface area (Å²) in [5.41, 5.74) is 3.04. The molecule has 2 heterocycles. The molecule has 0 radical (unpaired) electrons. The van der Waals surface area contributed by atoms with Gasteiger partial charge in [-0.3, -0.25) is 9.59 Å². The number of nitrogens with one attached hydrogen (secondary N) is 1. The van der Waals surface area contributed by atoms with E-state index in [1.807, 2.05) is 31.2 Å². The van der Waals surface area contributed by atoms with Crippen LogP contribution in [0, 0.1) is 6.92 Å². The summed E-state index contributed by atoms with van der Waals surface area (Å²) in [6, 6.07) is 13.0. The summed E-state index contributed by atoms with van der Waals surface area (Å²) in [6.45, 7) is 2.05. The van der Waals surface area contributed by atoms with Crippen molar-refractivity contribution in [2.75, 3.05) is 12.4 Å². The van der Waals surface area contributed by atoms with Gasteiger partial charge in [0.05, 0.1) is 12.7 Å². The number of fused-ring (bicyclic) bond motifs is 1. The van der Waals surface area contributed by atoms with Crippen molar-refractivity contribution in [1.82, 2.24) is 9.55 Å². The van der Waals surface area contributed by atoms with Crippen LogP contribution in [0.5, 0.6) is 11.5 Å². The lowest BCUT2D eigenvalue weighted by Crippen LogP contribution is -2.33. The molecule has 1 aliphatic rings. The maximum atomic E-state index is 13.0. The number of aromatic nitrogens is 2. The SMILES string of the molecule is COc1ccc([C@H]2CC(=O)Nc3c2c(=O)nc(SCc2ccccc2C)n3C)cc1O. The minimum absolute atomic E-state index is 0.0391. The van der Waals surface area contributed by atoms with Gasteiger partial charge in [-0.05, 0) is 35.7 Å². The normalized spacial score (nSPS) is 15.3. The van der Waals surface area contributed by atoms with Gasteiger partial charge in [-0.2, -0.15) is 4.98 Å². The second-order valence-electron chi connectivity index (χ2n) is 7.47. The fourth-order valence-corrected chi connectivity index (χ4v) is 4.83. The van der Waals surface area contributed by atoms with Crippen LogP contribution in [0.3, 0.4) is 0 Å². The van der Waals surface area contributed by atoms with Gasteiger partial charge in [-0.15, -0.1) is 0 Å². The number of carbonyl (C=O) groups excluding carboxylic acids is 1. The van der Waals surface area contributed by atoms with Crippen LogP contribution in [0.2, 0.25) is 0 Å². The maximum absolute atomic E-state index is 13.0. The third-order valence-electron chi connectivity index (χ3n) is 5.52. The van der Waals surface area contributed by atoms with Crippen molar-refractivity contribution in [3.8, 4) is 11.5 Å². The summed E-state index contributed by atoms with van der Waals surface area (Å²) in [4.78, 5) is 29.8. The van der Waals surface area contributed by atoms with E-state index < -0.39 is 5.92 Å². The van der Waals surface area contributed by atoms with Gasteiger partial charge in [0.15, 0.2) is 16.7 Å². The lowest BCUT2D eigenvalue weighted by molar-refractivity contribution is -0.116. The Morgan fingerprint density at radius 3 is 2.74 bits per heavy atom. The molecule has 0 saturated carbocycles. The van der Waals surface area contributed by atoms with E-state index >= 15 is 0 Å². The zero-order valence-corrected chi connectivity index (χ0v) is 18.3. The molecule has 0 fully saturated rings. The fraction of sp³-hybridized carbons (Fsp3) is 0.261. The van der Waals surface area contributed by atoms with E-state index in [2.05, 4.69) is 10.3 Å². The second kappa shape index (κ2) is 8.47. The zero-order chi connectivity index (χ0) is 22.1. The summed E-state index contributed by atoms with van der Waals surface area (Å²) in [7, 11) is 3.26. The second-order valence-corrected chi connectivity index (χ2v) is 8.41. The molecule has 1 aliphatic heterocycles. The molecule has 0 spiro atoms. The average molecular weight is 438 g/mol. The minimum atomic E-state index is -0.498. The van der Waals surface area contributed by atoms with Crippen LogP contribution < -0.4 is 15.6 Å². The van der Waals surface area contributed by atoms with Gasteiger partial charge in [0.1, 0.15) is 5.82 Å². The molecule has 1 atom stereocenters. The molecule has 1 aromatic heterocycles. The lowest BCUT2D eigenvalue weighted by Gasteiger charge is -2.27. The topological polar surface area (TPSA) is 93.5 Å². The molecule has 0 bridgehead atoms. The predicted octanol–water partition coefficient (Wildman–Crippen LogP) is 3.57. The van der Waals surface area contributed by atoms with Crippen LogP contribution in [0.1, 0.15) is 34.6 Å². The van der Waals surface area contributed by atoms with Gasteiger partial charge in [0, 0.05) is 25.1 Å². The predicted molar refractivity (Wildman–Crippen MR) is 120 cm³/mol. The maximum Gasteiger partial charge on any atom is 0.279 e. The minimum Gasteiger partial charge on any atom is -0.504 e. The highest BCUT2D eigenvalue weighted by atomic mass is 32.2. The summed E-state index contributed by atoms with van der Waals surface area (Å²) in [5.74, 6) is 0.714. The number of ether oxygens (including phenoxy) is 1. The van der Waals surface area contributed by atoms with Crippen LogP contribution in [-0.4, -0.2) is 27.7 Å². The number of rotatable bonds is 5. The highest BCUT2D eigenvalue weighted by molar-refractivity contribution is 7.98. The molecule has 31 heavy (non-hydrogen) atoms. The number of amides is 1. The largest absolute Gasteiger partial charge is 0.504 e. The summed E-state index contributed by atoms with van der Waals surface area (Å²) >= 11 is 1.45. The molecule has 2 N–H and O–H groups in total. The van der Waals surface area contributed by atoms with E-state index in [0.717, 1.165) is 5.56 Å². The highest BCUT2D eigenvalue weighted by Gasteiger charge is 2.32. The molecular weight excluding hydrogens is 414 g/mol. The number of aryl methyl sites for hydroxylation is 1. The van der Waals surface area contributed by atoms with Gasteiger partial charge >= 0.3 is 0 Å². The Hall–Kier alpha value is -3.26. The van der Waals surface area contributed by atoms with Crippen LogP contribution in [0.25, 0.3) is 0 Å². The number of phenols is 1. The Morgan fingerprint density at radius 2 is 2.03 bits per heavy atom. The summed E-state index contributed by atoms with van der Waals surface area (Å²) in [6.07, 6.45) is 0.103. The standard InChI is InChI=1S/C23H23N3O4S/c1-13-6-4-5-7-15(13)12-31-23-25-22(29)20-16(11-19(28)24-21(20)26(23)2)14-8-9-18(30-3)17(27)10-14/h4-10,16,27H,11-12H2,1-3H3,(H,24,28)/t16-/m1/s1. The van der Waals surface area contributed by atoms with Crippen molar-refractivity contribution in [3.05, 3.63) is 75.1 Å². The zero-order valence-electron chi connectivity index (χ0n) is 17.5. The molecule has 1 amide bonds. The van der Waals surface area contributed by atoms with Crippen molar-refractivity contribution in [3.63, 3.8) is 0 Å². The van der Waals surface area contributed by atoms with E-state index in [9.17, 15) is 14.7 Å². The Labute approximate surface area is 184 Å². The molecule has 8 heteroatoms. The third kappa shape index (κ3) is 4.03. The van der Waals surface area contributed by atoms with E-state index in [-0.39, 0.29) is 23.6 Å². The van der Waals surface area contributed by atoms with E-state index in [4.69, 9.17) is 4.74 Å². The van der Waals surface area contributed by atoms with Crippen LogP contribution in [-0.2, 0) is 17.6 Å². The van der Waals surface area contributed by atoms with Crippen LogP contribution in [0.4, 0.5) is 5.82 Å². The first kappa shape index (κ1) is 21.0. The van der Waals surface area contributed by atoms with Crippen molar-refractivity contribution in [2.24, 2.45) is 7.05 Å². The first-order chi connectivity index (χ1) is 14.9. The quantitative estimate of drug-likeness (QED) is 0.468. The molecule has 2 aromatic carbocycles. The Bertz CT molecular complexity index is 1220. The van der Waals surface area contributed by atoms with Crippen LogP contribution in [0.15, 0.2) is 52.4 Å². The Balaban J connectivity index is 1.73. The van der Waals surface area contributed by atoms with E-state index in [0.29, 0.717) is 33.6 Å². The monoisotopic (exact) mass is 437 g/mol. The average Bonchev–Trinajstić information content (AvgIpc) is 2.75. The number of methoxy groups -OCH3 is 1. The Kier molecular flexibility index (Phi) is 5.73. The van der Waals surface area contributed by atoms with Gasteiger partial charge in [0.25, 0.3) is 5.56 Å². The smallest absolute Gasteiger partial charge is 0.279 e. The number of thioether (sulfide) groups is 1. The van der Waals surface area contributed by atoms with E-state index in [1.54, 1.807) is 23.7 Å². The fourth-order valence-electron chi connectivity index (χ4n) is 3.79. The molecule has 160 valence electrons. The van der Waals surface area contributed by atoms with Gasteiger partial charge in [-0.1, -0.05) is 42.1 Å². The number of hydrogen-bond acceptors (Lipinski definition) is 6.